The Kier molecular flexibility index (Phi) is 1.58. The molecule has 0 aliphatic carbocycles. The third-order valence-corrected chi connectivity index (χ3v) is 3.49. The lowest BCUT2D eigenvalue weighted by Crippen LogP contribution is -1.70. The maximum absolute atomic E-state index is 13.0. The van der Waals surface area contributed by atoms with E-state index in [1.807, 2.05) is 24.3 Å². The van der Waals surface area contributed by atoms with Crippen LogP contribution in [0, 0.1) is 5.82 Å². The molecule has 0 saturated carbocycles. The van der Waals surface area contributed by atoms with Crippen LogP contribution in [0.25, 0.3) is 20.2 Å². The van der Waals surface area contributed by atoms with Crippen LogP contribution in [0.15, 0.2) is 42.5 Å². The average Bonchev–Trinajstić information content (AvgIpc) is 2.56. The lowest BCUT2D eigenvalue weighted by Gasteiger charge is -1.90. The standard InChI is InChI=1S/C12H7FS/c13-8-5-6-12-10(7-8)9-3-1-2-4-11(9)14-12/h1-7H. The number of rotatable bonds is 0. The largest absolute Gasteiger partial charge is 0.207 e. The van der Waals surface area contributed by atoms with Gasteiger partial charge in [0.2, 0.25) is 0 Å². The number of hydrogen-bond donors (Lipinski definition) is 0. The van der Waals surface area contributed by atoms with E-state index in [0.29, 0.717) is 0 Å². The highest BCUT2D eigenvalue weighted by Crippen LogP contribution is 2.33. The summed E-state index contributed by atoms with van der Waals surface area (Å²) in [4.78, 5) is 0. The molecule has 0 nitrogen and oxygen atoms in total. The van der Waals surface area contributed by atoms with Gasteiger partial charge in [-0.1, -0.05) is 18.2 Å². The van der Waals surface area contributed by atoms with Gasteiger partial charge in [-0.2, -0.15) is 0 Å². The monoisotopic (exact) mass is 202 g/mol. The third-order valence-electron chi connectivity index (χ3n) is 2.34. The second kappa shape index (κ2) is 2.79. The Morgan fingerprint density at radius 2 is 1.64 bits per heavy atom. The lowest BCUT2D eigenvalue weighted by molar-refractivity contribution is 0.630. The molecule has 0 aliphatic rings. The third kappa shape index (κ3) is 1.04. The Morgan fingerprint density at radius 1 is 0.857 bits per heavy atom. The smallest absolute Gasteiger partial charge is 0.123 e. The second-order valence-electron chi connectivity index (χ2n) is 3.24. The second-order valence-corrected chi connectivity index (χ2v) is 4.32. The van der Waals surface area contributed by atoms with Crippen LogP contribution in [-0.2, 0) is 0 Å². The van der Waals surface area contributed by atoms with E-state index in [9.17, 15) is 4.39 Å². The predicted molar refractivity (Wildman–Crippen MR) is 59.3 cm³/mol. The van der Waals surface area contributed by atoms with Gasteiger partial charge in [-0.15, -0.1) is 11.3 Å². The van der Waals surface area contributed by atoms with Crippen molar-refractivity contribution in [1.82, 2.24) is 0 Å². The van der Waals surface area contributed by atoms with E-state index < -0.39 is 0 Å². The Labute approximate surface area is 84.6 Å². The van der Waals surface area contributed by atoms with Crippen LogP contribution in [0.3, 0.4) is 0 Å². The molecule has 3 rings (SSSR count). The van der Waals surface area contributed by atoms with Crippen molar-refractivity contribution >= 4 is 31.5 Å². The fourth-order valence-electron chi connectivity index (χ4n) is 1.70. The summed E-state index contributed by atoms with van der Waals surface area (Å²) in [5.41, 5.74) is 0. The van der Waals surface area contributed by atoms with Crippen molar-refractivity contribution in [2.45, 2.75) is 0 Å². The number of fused-ring (bicyclic) bond motifs is 3. The summed E-state index contributed by atoms with van der Waals surface area (Å²) in [6.07, 6.45) is 0. The molecule has 0 saturated heterocycles. The van der Waals surface area contributed by atoms with Crippen molar-refractivity contribution in [3.63, 3.8) is 0 Å². The van der Waals surface area contributed by atoms with E-state index in [-0.39, 0.29) is 5.82 Å². The van der Waals surface area contributed by atoms with Gasteiger partial charge in [0.05, 0.1) is 0 Å². The fourth-order valence-corrected chi connectivity index (χ4v) is 2.78. The molecule has 1 aromatic heterocycles. The number of thiophene rings is 1. The molecule has 0 amide bonds. The van der Waals surface area contributed by atoms with Crippen molar-refractivity contribution in [1.29, 1.82) is 0 Å². The van der Waals surface area contributed by atoms with Gasteiger partial charge in [-0.3, -0.25) is 0 Å². The molecular formula is C12H7FS. The first-order valence-electron chi connectivity index (χ1n) is 4.41. The number of hydrogen-bond acceptors (Lipinski definition) is 1. The van der Waals surface area contributed by atoms with Crippen LogP contribution in [0.2, 0.25) is 0 Å². The zero-order valence-corrected chi connectivity index (χ0v) is 8.14. The van der Waals surface area contributed by atoms with E-state index in [1.165, 1.54) is 10.8 Å². The van der Waals surface area contributed by atoms with Gasteiger partial charge in [0.15, 0.2) is 0 Å². The molecule has 0 atom stereocenters. The quantitative estimate of drug-likeness (QED) is 0.512. The van der Waals surface area contributed by atoms with Gasteiger partial charge in [-0.05, 0) is 24.3 Å². The molecule has 14 heavy (non-hydrogen) atoms. The summed E-state index contributed by atoms with van der Waals surface area (Å²) in [6, 6.07) is 13.1. The Hall–Kier alpha value is -1.41. The summed E-state index contributed by atoms with van der Waals surface area (Å²) in [6.45, 7) is 0. The maximum atomic E-state index is 13.0. The molecule has 3 aromatic rings. The van der Waals surface area contributed by atoms with Crippen molar-refractivity contribution in [2.75, 3.05) is 0 Å². The normalized spacial score (nSPS) is 11.2. The first-order valence-corrected chi connectivity index (χ1v) is 5.23. The van der Waals surface area contributed by atoms with Crippen LogP contribution < -0.4 is 0 Å². The predicted octanol–water partition coefficient (Wildman–Crippen LogP) is 4.19. The first kappa shape index (κ1) is 7.94. The minimum Gasteiger partial charge on any atom is -0.207 e. The van der Waals surface area contributed by atoms with Crippen molar-refractivity contribution in [2.24, 2.45) is 0 Å². The molecule has 0 radical (unpaired) electrons. The Morgan fingerprint density at radius 3 is 2.57 bits per heavy atom. The molecule has 0 bridgehead atoms. The molecule has 1 heterocycles. The highest BCUT2D eigenvalue weighted by molar-refractivity contribution is 7.25. The van der Waals surface area contributed by atoms with E-state index in [4.69, 9.17) is 0 Å². The average molecular weight is 202 g/mol. The van der Waals surface area contributed by atoms with Crippen molar-refractivity contribution in [3.05, 3.63) is 48.3 Å². The summed E-state index contributed by atoms with van der Waals surface area (Å²) >= 11 is 1.70. The molecular weight excluding hydrogens is 195 g/mol. The summed E-state index contributed by atoms with van der Waals surface area (Å²) in [5, 5.41) is 2.16. The maximum Gasteiger partial charge on any atom is 0.123 e. The fraction of sp³-hybridized carbons (Fsp3) is 0. The zero-order chi connectivity index (χ0) is 9.54. The van der Waals surface area contributed by atoms with Crippen LogP contribution in [0.4, 0.5) is 4.39 Å². The van der Waals surface area contributed by atoms with E-state index >= 15 is 0 Å². The summed E-state index contributed by atoms with van der Waals surface area (Å²) in [7, 11) is 0. The molecule has 0 spiro atoms. The number of halogens is 1. The summed E-state index contributed by atoms with van der Waals surface area (Å²) < 4.78 is 15.4. The minimum atomic E-state index is -0.166. The van der Waals surface area contributed by atoms with Gasteiger partial charge >= 0.3 is 0 Å². The van der Waals surface area contributed by atoms with Crippen LogP contribution >= 0.6 is 11.3 Å². The van der Waals surface area contributed by atoms with Gasteiger partial charge in [-0.25, -0.2) is 4.39 Å². The Balaban J connectivity index is 2.58. The van der Waals surface area contributed by atoms with E-state index in [0.717, 1.165) is 15.5 Å². The van der Waals surface area contributed by atoms with Crippen LogP contribution in [0.1, 0.15) is 0 Å². The molecule has 2 aromatic carbocycles. The van der Waals surface area contributed by atoms with E-state index in [2.05, 4.69) is 6.07 Å². The molecule has 0 aliphatic heterocycles. The minimum absolute atomic E-state index is 0.166. The van der Waals surface area contributed by atoms with Gasteiger partial charge in [0.25, 0.3) is 0 Å². The molecule has 0 fully saturated rings. The highest BCUT2D eigenvalue weighted by Gasteiger charge is 2.04. The SMILES string of the molecule is Fc1ccc2sc3ccccc3c2c1. The topological polar surface area (TPSA) is 0 Å². The molecule has 0 N–H and O–H groups in total. The van der Waals surface area contributed by atoms with Gasteiger partial charge in [0.1, 0.15) is 5.82 Å². The van der Waals surface area contributed by atoms with Crippen molar-refractivity contribution in [3.8, 4) is 0 Å². The van der Waals surface area contributed by atoms with E-state index in [1.54, 1.807) is 17.4 Å². The van der Waals surface area contributed by atoms with Crippen molar-refractivity contribution < 1.29 is 4.39 Å². The van der Waals surface area contributed by atoms with Crippen LogP contribution in [0.5, 0.6) is 0 Å². The first-order chi connectivity index (χ1) is 6.84. The highest BCUT2D eigenvalue weighted by atomic mass is 32.1. The molecule has 68 valence electrons. The molecule has 0 unspecified atom stereocenters. The number of benzene rings is 2. The zero-order valence-electron chi connectivity index (χ0n) is 7.33. The molecule has 2 heteroatoms. The lowest BCUT2D eigenvalue weighted by atomic mass is 10.1. The summed E-state index contributed by atoms with van der Waals surface area (Å²) in [5.74, 6) is -0.166. The van der Waals surface area contributed by atoms with Gasteiger partial charge < -0.3 is 0 Å². The van der Waals surface area contributed by atoms with Gasteiger partial charge in [0, 0.05) is 20.2 Å². The Bertz CT molecular complexity index is 610. The van der Waals surface area contributed by atoms with Crippen LogP contribution in [-0.4, -0.2) is 0 Å².